The van der Waals surface area contributed by atoms with Gasteiger partial charge in [-0.15, -0.1) is 11.3 Å². The van der Waals surface area contributed by atoms with Crippen LogP contribution in [0.1, 0.15) is 44.5 Å². The van der Waals surface area contributed by atoms with Gasteiger partial charge in [-0.1, -0.05) is 26.8 Å². The summed E-state index contributed by atoms with van der Waals surface area (Å²) in [5.41, 5.74) is 4.96. The normalized spacial score (nSPS) is 14.0. The van der Waals surface area contributed by atoms with Crippen LogP contribution in [0.3, 0.4) is 0 Å². The minimum atomic E-state index is -0.110. The van der Waals surface area contributed by atoms with Gasteiger partial charge in [0.25, 0.3) is 5.56 Å². The van der Waals surface area contributed by atoms with E-state index in [0.717, 1.165) is 36.0 Å². The summed E-state index contributed by atoms with van der Waals surface area (Å²) in [6.45, 7) is 10.7. The van der Waals surface area contributed by atoms with E-state index < -0.39 is 0 Å². The van der Waals surface area contributed by atoms with Gasteiger partial charge in [-0.3, -0.25) is 4.79 Å². The number of nitrogens with one attached hydrogen (secondary N) is 2. The summed E-state index contributed by atoms with van der Waals surface area (Å²) in [6.07, 6.45) is 2.65. The van der Waals surface area contributed by atoms with Crippen molar-refractivity contribution >= 4 is 34.0 Å². The first-order valence-electron chi connectivity index (χ1n) is 10.9. The molecule has 9 heteroatoms. The molecule has 0 atom stereocenters. The molecule has 0 aliphatic carbocycles. The van der Waals surface area contributed by atoms with E-state index in [4.69, 9.17) is 9.97 Å². The van der Waals surface area contributed by atoms with Gasteiger partial charge in [-0.2, -0.15) is 4.98 Å². The van der Waals surface area contributed by atoms with E-state index in [1.54, 1.807) is 10.9 Å². The maximum atomic E-state index is 13.0. The number of benzene rings is 1. The van der Waals surface area contributed by atoms with Crippen molar-refractivity contribution in [2.24, 2.45) is 0 Å². The third-order valence-corrected chi connectivity index (χ3v) is 6.58. The van der Waals surface area contributed by atoms with Crippen LogP contribution in [0.2, 0.25) is 0 Å². The van der Waals surface area contributed by atoms with Crippen LogP contribution in [0.5, 0.6) is 0 Å². The molecule has 0 unspecified atom stereocenters. The SMILES string of the molecule is CCn1c(=O)c2cnc(Nc3ccc4c(c3)CNCC4)nc2n1-c1nc(C(C)(C)C)cs1. The van der Waals surface area contributed by atoms with Gasteiger partial charge in [0, 0.05) is 35.8 Å². The Morgan fingerprint density at radius 1 is 1.22 bits per heavy atom. The maximum Gasteiger partial charge on any atom is 0.278 e. The second-order valence-electron chi connectivity index (χ2n) is 9.06. The van der Waals surface area contributed by atoms with Crippen LogP contribution < -0.4 is 16.2 Å². The molecule has 0 radical (unpaired) electrons. The van der Waals surface area contributed by atoms with Crippen molar-refractivity contribution in [3.05, 3.63) is 57.0 Å². The number of rotatable bonds is 4. The fraction of sp³-hybridized carbons (Fsp3) is 0.391. The maximum absolute atomic E-state index is 13.0. The van der Waals surface area contributed by atoms with Gasteiger partial charge in [0.15, 0.2) is 5.65 Å². The molecule has 4 aromatic rings. The predicted octanol–water partition coefficient (Wildman–Crippen LogP) is 3.75. The lowest BCUT2D eigenvalue weighted by Gasteiger charge is -2.18. The fourth-order valence-electron chi connectivity index (χ4n) is 3.96. The second kappa shape index (κ2) is 7.83. The summed E-state index contributed by atoms with van der Waals surface area (Å²) in [7, 11) is 0. The van der Waals surface area contributed by atoms with Crippen LogP contribution in [0.15, 0.2) is 34.6 Å². The van der Waals surface area contributed by atoms with Crippen molar-refractivity contribution in [3.8, 4) is 5.13 Å². The van der Waals surface area contributed by atoms with Gasteiger partial charge in [-0.25, -0.2) is 19.3 Å². The first-order valence-corrected chi connectivity index (χ1v) is 11.8. The Kier molecular flexibility index (Phi) is 5.10. The third-order valence-electron chi connectivity index (χ3n) is 5.77. The van der Waals surface area contributed by atoms with Crippen LogP contribution in [0.25, 0.3) is 16.2 Å². The van der Waals surface area contributed by atoms with Crippen LogP contribution >= 0.6 is 11.3 Å². The standard InChI is InChI=1S/C23H27N7OS/c1-5-29-20(31)17-12-25-21(26-16-7-6-14-8-9-24-11-15(14)10-16)28-19(17)30(29)22-27-18(13-32-22)23(2,3)4/h6-7,10,12-13,24H,5,8-9,11H2,1-4H3,(H,25,26,28). The highest BCUT2D eigenvalue weighted by molar-refractivity contribution is 7.12. The molecule has 1 aliphatic heterocycles. The van der Waals surface area contributed by atoms with Crippen LogP contribution in [0.4, 0.5) is 11.6 Å². The molecule has 166 valence electrons. The predicted molar refractivity (Wildman–Crippen MR) is 128 cm³/mol. The highest BCUT2D eigenvalue weighted by atomic mass is 32.1. The number of nitrogens with zero attached hydrogens (tertiary/aromatic N) is 5. The zero-order valence-electron chi connectivity index (χ0n) is 18.8. The molecule has 1 aliphatic rings. The number of anilines is 2. The molecule has 8 nitrogen and oxygen atoms in total. The molecule has 0 amide bonds. The van der Waals surface area contributed by atoms with E-state index in [1.807, 2.05) is 17.0 Å². The Balaban J connectivity index is 1.58. The number of fused-ring (bicyclic) bond motifs is 2. The molecule has 3 aromatic heterocycles. The number of aromatic nitrogens is 5. The molecule has 5 rings (SSSR count). The monoisotopic (exact) mass is 449 g/mol. The van der Waals surface area contributed by atoms with E-state index in [1.165, 1.54) is 22.5 Å². The molecule has 0 fully saturated rings. The Labute approximate surface area is 190 Å². The Bertz CT molecular complexity index is 1360. The van der Waals surface area contributed by atoms with Crippen molar-refractivity contribution < 1.29 is 0 Å². The van der Waals surface area contributed by atoms with E-state index in [-0.39, 0.29) is 11.0 Å². The first kappa shape index (κ1) is 20.8. The second-order valence-corrected chi connectivity index (χ2v) is 9.90. The lowest BCUT2D eigenvalue weighted by atomic mass is 9.93. The van der Waals surface area contributed by atoms with Crippen molar-refractivity contribution in [3.63, 3.8) is 0 Å². The van der Waals surface area contributed by atoms with Gasteiger partial charge in [0.2, 0.25) is 11.1 Å². The van der Waals surface area contributed by atoms with Crippen molar-refractivity contribution in [2.45, 2.75) is 52.6 Å². The van der Waals surface area contributed by atoms with Gasteiger partial charge in [0.1, 0.15) is 5.39 Å². The minimum Gasteiger partial charge on any atom is -0.324 e. The van der Waals surface area contributed by atoms with Gasteiger partial charge in [0.05, 0.1) is 5.69 Å². The molecule has 0 spiro atoms. The molecule has 0 bridgehead atoms. The van der Waals surface area contributed by atoms with Crippen molar-refractivity contribution in [2.75, 3.05) is 11.9 Å². The lowest BCUT2D eigenvalue weighted by Crippen LogP contribution is -2.23. The highest BCUT2D eigenvalue weighted by Gasteiger charge is 2.22. The lowest BCUT2D eigenvalue weighted by molar-refractivity contribution is 0.554. The van der Waals surface area contributed by atoms with Gasteiger partial charge in [-0.05, 0) is 43.1 Å². The van der Waals surface area contributed by atoms with Gasteiger partial charge < -0.3 is 10.6 Å². The summed E-state index contributed by atoms with van der Waals surface area (Å²) in [5.74, 6) is 0.454. The van der Waals surface area contributed by atoms with E-state index in [0.29, 0.717) is 23.5 Å². The molecule has 0 saturated carbocycles. The van der Waals surface area contributed by atoms with E-state index in [2.05, 4.69) is 54.6 Å². The fourth-order valence-corrected chi connectivity index (χ4v) is 5.02. The molecule has 1 aromatic carbocycles. The molecular weight excluding hydrogens is 422 g/mol. The minimum absolute atomic E-state index is 0.0714. The molecule has 32 heavy (non-hydrogen) atoms. The average molecular weight is 450 g/mol. The van der Waals surface area contributed by atoms with Gasteiger partial charge >= 0.3 is 0 Å². The largest absolute Gasteiger partial charge is 0.324 e. The molecule has 0 saturated heterocycles. The van der Waals surface area contributed by atoms with E-state index >= 15 is 0 Å². The Hall–Kier alpha value is -3.04. The molecule has 2 N–H and O–H groups in total. The van der Waals surface area contributed by atoms with E-state index in [9.17, 15) is 4.79 Å². The average Bonchev–Trinajstić information content (AvgIpc) is 3.36. The van der Waals surface area contributed by atoms with Crippen LogP contribution in [-0.2, 0) is 24.9 Å². The smallest absolute Gasteiger partial charge is 0.278 e. The number of thiazole rings is 1. The first-order chi connectivity index (χ1) is 15.3. The number of hydrogen-bond donors (Lipinski definition) is 2. The summed E-state index contributed by atoms with van der Waals surface area (Å²) in [6, 6.07) is 6.35. The quantitative estimate of drug-likeness (QED) is 0.493. The molecule has 4 heterocycles. The topological polar surface area (TPSA) is 89.7 Å². The Morgan fingerprint density at radius 2 is 2.06 bits per heavy atom. The third kappa shape index (κ3) is 3.61. The van der Waals surface area contributed by atoms with Crippen molar-refractivity contribution in [1.82, 2.24) is 29.6 Å². The van der Waals surface area contributed by atoms with Crippen molar-refractivity contribution in [1.29, 1.82) is 0 Å². The van der Waals surface area contributed by atoms with Crippen LogP contribution in [-0.4, -0.2) is 30.9 Å². The Morgan fingerprint density at radius 3 is 2.81 bits per heavy atom. The zero-order valence-corrected chi connectivity index (χ0v) is 19.6. The summed E-state index contributed by atoms with van der Waals surface area (Å²) in [4.78, 5) is 27.0. The zero-order chi connectivity index (χ0) is 22.5. The molecular formula is C23H27N7OS. The summed E-state index contributed by atoms with van der Waals surface area (Å²) >= 11 is 1.52. The summed E-state index contributed by atoms with van der Waals surface area (Å²) in [5, 5.41) is 9.98. The highest BCUT2D eigenvalue weighted by Crippen LogP contribution is 2.28. The van der Waals surface area contributed by atoms with Crippen LogP contribution in [0, 0.1) is 0 Å². The summed E-state index contributed by atoms with van der Waals surface area (Å²) < 4.78 is 3.49. The number of hydrogen-bond acceptors (Lipinski definition) is 7.